The van der Waals surface area contributed by atoms with Gasteiger partial charge in [0.1, 0.15) is 17.1 Å². The van der Waals surface area contributed by atoms with Gasteiger partial charge in [-0.25, -0.2) is 4.79 Å². The highest BCUT2D eigenvalue weighted by atomic mass is 16.5. The van der Waals surface area contributed by atoms with E-state index in [0.717, 1.165) is 0 Å². The van der Waals surface area contributed by atoms with Gasteiger partial charge < -0.3 is 25.0 Å². The van der Waals surface area contributed by atoms with E-state index in [2.05, 4.69) is 10.5 Å². The van der Waals surface area contributed by atoms with Crippen LogP contribution in [-0.4, -0.2) is 23.1 Å². The highest BCUT2D eigenvalue weighted by molar-refractivity contribution is 5.99. The minimum atomic E-state index is -1.04. The number of nitrogen functional groups attached to an aromatic ring is 1. The zero-order valence-corrected chi connectivity index (χ0v) is 15.3. The van der Waals surface area contributed by atoms with E-state index in [1.165, 1.54) is 6.92 Å². The molecular formula is C20H19N3O5. The monoisotopic (exact) mass is 381 g/mol. The summed E-state index contributed by atoms with van der Waals surface area (Å²) in [6.45, 7) is 3.01. The first kappa shape index (κ1) is 19.0. The molecule has 0 saturated heterocycles. The average Bonchev–Trinajstić information content (AvgIpc) is 3.02. The Morgan fingerprint density at radius 1 is 1.07 bits per heavy atom. The fraction of sp³-hybridized carbons (Fsp3) is 0.150. The van der Waals surface area contributed by atoms with Crippen LogP contribution in [0.4, 0.5) is 11.6 Å². The molecule has 1 heterocycles. The number of benzene rings is 2. The molecule has 3 N–H and O–H groups in total. The number of amides is 1. The first-order valence-electron chi connectivity index (χ1n) is 8.50. The highest BCUT2D eigenvalue weighted by Crippen LogP contribution is 2.23. The minimum Gasteiger partial charge on any atom is -0.457 e. The second kappa shape index (κ2) is 8.26. The first-order valence-corrected chi connectivity index (χ1v) is 8.50. The molecule has 3 rings (SSSR count). The van der Waals surface area contributed by atoms with Gasteiger partial charge in [0.05, 0.1) is 5.69 Å². The average molecular weight is 381 g/mol. The predicted molar refractivity (Wildman–Crippen MR) is 102 cm³/mol. The zero-order valence-electron chi connectivity index (χ0n) is 15.3. The largest absolute Gasteiger partial charge is 0.457 e. The predicted octanol–water partition coefficient (Wildman–Crippen LogP) is 3.54. The van der Waals surface area contributed by atoms with Crippen LogP contribution in [0.5, 0.6) is 11.5 Å². The number of hydrogen-bond acceptors (Lipinski definition) is 7. The first-order chi connectivity index (χ1) is 13.4. The Morgan fingerprint density at radius 2 is 1.71 bits per heavy atom. The van der Waals surface area contributed by atoms with E-state index in [0.29, 0.717) is 22.9 Å². The number of carbonyl (C=O) groups excluding carboxylic acids is 2. The molecule has 0 fully saturated rings. The van der Waals surface area contributed by atoms with Gasteiger partial charge in [-0.15, -0.1) is 0 Å². The summed E-state index contributed by atoms with van der Waals surface area (Å²) in [4.78, 5) is 24.4. The van der Waals surface area contributed by atoms with E-state index in [4.69, 9.17) is 19.7 Å². The Labute approximate surface area is 161 Å². The van der Waals surface area contributed by atoms with Gasteiger partial charge in [0, 0.05) is 5.69 Å². The van der Waals surface area contributed by atoms with Gasteiger partial charge in [-0.1, -0.05) is 23.4 Å². The number of aryl methyl sites for hydroxylation is 1. The molecule has 0 aliphatic heterocycles. The number of rotatable bonds is 6. The summed E-state index contributed by atoms with van der Waals surface area (Å²) in [5.74, 6) is -0.0717. The van der Waals surface area contributed by atoms with E-state index < -0.39 is 18.0 Å². The molecule has 1 atom stereocenters. The molecule has 3 aromatic rings. The standard InChI is InChI=1S/C20H19N3O5/c1-12-17(18(21)28-23-12)20(25)26-13(2)19(24)22-14-8-10-16(11-9-14)27-15-6-4-3-5-7-15/h3-11,13H,21H2,1-2H3,(H,22,24). The normalized spacial score (nSPS) is 11.5. The third kappa shape index (κ3) is 4.47. The van der Waals surface area contributed by atoms with Crippen molar-refractivity contribution in [3.63, 3.8) is 0 Å². The van der Waals surface area contributed by atoms with Gasteiger partial charge >= 0.3 is 5.97 Å². The van der Waals surface area contributed by atoms with Crippen LogP contribution in [0.1, 0.15) is 23.0 Å². The molecule has 1 amide bonds. The van der Waals surface area contributed by atoms with Gasteiger partial charge in [-0.05, 0) is 50.2 Å². The summed E-state index contributed by atoms with van der Waals surface area (Å²) in [7, 11) is 0. The van der Waals surface area contributed by atoms with Crippen molar-refractivity contribution in [1.82, 2.24) is 5.16 Å². The van der Waals surface area contributed by atoms with Crippen molar-refractivity contribution in [3.05, 3.63) is 65.9 Å². The number of ether oxygens (including phenoxy) is 2. The summed E-state index contributed by atoms with van der Waals surface area (Å²) >= 11 is 0. The topological polar surface area (TPSA) is 117 Å². The van der Waals surface area contributed by atoms with Crippen LogP contribution in [0.25, 0.3) is 0 Å². The van der Waals surface area contributed by atoms with Gasteiger partial charge in [-0.2, -0.15) is 0 Å². The molecule has 1 aromatic heterocycles. The van der Waals surface area contributed by atoms with Crippen LogP contribution in [-0.2, 0) is 9.53 Å². The number of anilines is 2. The Morgan fingerprint density at radius 3 is 2.32 bits per heavy atom. The maximum atomic E-state index is 12.3. The number of hydrogen-bond donors (Lipinski definition) is 2. The third-order valence-corrected chi connectivity index (χ3v) is 3.85. The van der Waals surface area contributed by atoms with Crippen LogP contribution in [0, 0.1) is 6.92 Å². The molecule has 2 aromatic carbocycles. The molecule has 0 saturated carbocycles. The SMILES string of the molecule is Cc1noc(N)c1C(=O)OC(C)C(=O)Nc1ccc(Oc2ccccc2)cc1. The minimum absolute atomic E-state index is 0.0158. The lowest BCUT2D eigenvalue weighted by Crippen LogP contribution is -2.30. The second-order valence-corrected chi connectivity index (χ2v) is 5.98. The van der Waals surface area contributed by atoms with Crippen molar-refractivity contribution in [3.8, 4) is 11.5 Å². The Hall–Kier alpha value is -3.81. The number of nitrogens with zero attached hydrogens (tertiary/aromatic N) is 1. The van der Waals surface area contributed by atoms with Gasteiger partial charge in [0.15, 0.2) is 6.10 Å². The van der Waals surface area contributed by atoms with Crippen LogP contribution in [0.3, 0.4) is 0 Å². The molecule has 0 spiro atoms. The number of nitrogens with two attached hydrogens (primary N) is 1. The number of para-hydroxylation sites is 1. The van der Waals surface area contributed by atoms with Crippen LogP contribution < -0.4 is 15.8 Å². The molecule has 0 aliphatic carbocycles. The Kier molecular flexibility index (Phi) is 5.59. The van der Waals surface area contributed by atoms with Crippen molar-refractivity contribution < 1.29 is 23.6 Å². The maximum Gasteiger partial charge on any atom is 0.346 e. The summed E-state index contributed by atoms with van der Waals surface area (Å²) in [6.07, 6.45) is -1.04. The fourth-order valence-electron chi connectivity index (χ4n) is 2.38. The van der Waals surface area contributed by atoms with E-state index in [1.807, 2.05) is 30.3 Å². The number of nitrogens with one attached hydrogen (secondary N) is 1. The fourth-order valence-corrected chi connectivity index (χ4v) is 2.38. The van der Waals surface area contributed by atoms with Gasteiger partial charge in [-0.3, -0.25) is 4.79 Å². The number of carbonyl (C=O) groups is 2. The van der Waals surface area contributed by atoms with Crippen LogP contribution in [0.15, 0.2) is 59.1 Å². The maximum absolute atomic E-state index is 12.3. The van der Waals surface area contributed by atoms with Crippen LogP contribution >= 0.6 is 0 Å². The summed E-state index contributed by atoms with van der Waals surface area (Å²) < 4.78 is 15.6. The molecule has 8 heteroatoms. The second-order valence-electron chi connectivity index (χ2n) is 5.98. The van der Waals surface area contributed by atoms with Crippen LogP contribution in [0.2, 0.25) is 0 Å². The van der Waals surface area contributed by atoms with Crippen molar-refractivity contribution in [2.45, 2.75) is 20.0 Å². The molecule has 0 aliphatic rings. The summed E-state index contributed by atoms with van der Waals surface area (Å²) in [5, 5.41) is 6.25. The lowest BCUT2D eigenvalue weighted by molar-refractivity contribution is -0.123. The molecular weight excluding hydrogens is 362 g/mol. The van der Waals surface area contributed by atoms with Gasteiger partial charge in [0.2, 0.25) is 5.88 Å². The molecule has 144 valence electrons. The van der Waals surface area contributed by atoms with E-state index in [-0.39, 0.29) is 11.4 Å². The summed E-state index contributed by atoms with van der Waals surface area (Å²) in [5.41, 5.74) is 6.39. The zero-order chi connectivity index (χ0) is 20.1. The molecule has 1 unspecified atom stereocenters. The Bertz CT molecular complexity index is 948. The third-order valence-electron chi connectivity index (χ3n) is 3.85. The van der Waals surface area contributed by atoms with E-state index in [1.54, 1.807) is 31.2 Å². The highest BCUT2D eigenvalue weighted by Gasteiger charge is 2.24. The van der Waals surface area contributed by atoms with Crippen molar-refractivity contribution in [2.24, 2.45) is 0 Å². The summed E-state index contributed by atoms with van der Waals surface area (Å²) in [6, 6.07) is 16.2. The smallest absolute Gasteiger partial charge is 0.346 e. The number of aromatic nitrogens is 1. The molecule has 0 bridgehead atoms. The molecule has 8 nitrogen and oxygen atoms in total. The quantitative estimate of drug-likeness (QED) is 0.627. The molecule has 28 heavy (non-hydrogen) atoms. The van der Waals surface area contributed by atoms with E-state index >= 15 is 0 Å². The van der Waals surface area contributed by atoms with E-state index in [9.17, 15) is 9.59 Å². The lowest BCUT2D eigenvalue weighted by atomic mass is 10.2. The lowest BCUT2D eigenvalue weighted by Gasteiger charge is -2.13. The molecule has 0 radical (unpaired) electrons. The number of esters is 1. The van der Waals surface area contributed by atoms with Gasteiger partial charge in [0.25, 0.3) is 5.91 Å². The van der Waals surface area contributed by atoms with Crippen molar-refractivity contribution in [2.75, 3.05) is 11.1 Å². The Balaban J connectivity index is 1.57. The van der Waals surface area contributed by atoms with Crippen molar-refractivity contribution in [1.29, 1.82) is 0 Å². The van der Waals surface area contributed by atoms with Crippen molar-refractivity contribution >= 4 is 23.4 Å².